The first kappa shape index (κ1) is 16.6. The first-order valence-electron chi connectivity index (χ1n) is 8.72. The van der Waals surface area contributed by atoms with Crippen LogP contribution in [-0.2, 0) is 0 Å². The highest BCUT2D eigenvalue weighted by atomic mass is 35.5. The quantitative estimate of drug-likeness (QED) is 0.406. The Kier molecular flexibility index (Phi) is 3.88. The Morgan fingerprint density at radius 1 is 1.00 bits per heavy atom. The van der Waals surface area contributed by atoms with E-state index in [1.807, 2.05) is 48.5 Å². The molecule has 0 unspecified atom stereocenters. The van der Waals surface area contributed by atoms with E-state index in [-0.39, 0.29) is 11.7 Å². The Bertz CT molecular complexity index is 1270. The third kappa shape index (κ3) is 2.92. The lowest BCUT2D eigenvalue weighted by atomic mass is 10.2. The lowest BCUT2D eigenvalue weighted by molar-refractivity contribution is 0.0998. The van der Waals surface area contributed by atoms with E-state index in [0.717, 1.165) is 16.4 Å². The van der Waals surface area contributed by atoms with E-state index in [9.17, 15) is 4.79 Å². The number of rotatable bonds is 3. The molecule has 0 spiro atoms. The highest BCUT2D eigenvalue weighted by molar-refractivity contribution is 6.33. The number of carbonyl (C=O) groups is 1. The number of benzene rings is 3. The van der Waals surface area contributed by atoms with E-state index in [2.05, 4.69) is 15.3 Å². The van der Waals surface area contributed by atoms with Gasteiger partial charge in [-0.05, 0) is 42.5 Å². The van der Waals surface area contributed by atoms with E-state index in [4.69, 9.17) is 16.0 Å². The van der Waals surface area contributed by atoms with Crippen molar-refractivity contribution in [1.29, 1.82) is 0 Å². The largest absolute Gasteiger partial charge is 0.451 e. The van der Waals surface area contributed by atoms with Crippen molar-refractivity contribution in [2.24, 2.45) is 0 Å². The summed E-state index contributed by atoms with van der Waals surface area (Å²) in [5.74, 6) is 0.571. The number of carbonyl (C=O) groups excluding carboxylic acids is 1. The molecule has 2 heterocycles. The summed E-state index contributed by atoms with van der Waals surface area (Å²) in [7, 11) is 0. The van der Waals surface area contributed by atoms with Crippen LogP contribution in [0, 0.1) is 0 Å². The second-order valence-electron chi connectivity index (χ2n) is 6.40. The Labute approximate surface area is 165 Å². The predicted molar refractivity (Wildman–Crippen MR) is 111 cm³/mol. The number of furan rings is 1. The van der Waals surface area contributed by atoms with Crippen molar-refractivity contribution in [1.82, 2.24) is 9.97 Å². The molecule has 0 aliphatic carbocycles. The van der Waals surface area contributed by atoms with Crippen molar-refractivity contribution in [2.75, 3.05) is 5.32 Å². The number of H-pyrrole nitrogens is 1. The number of amides is 1. The number of anilines is 1. The molecule has 0 radical (unpaired) electrons. The number of fused-ring (bicyclic) bond motifs is 2. The first-order chi connectivity index (χ1) is 13.7. The number of imidazole rings is 1. The molecule has 0 saturated heterocycles. The molecule has 136 valence electrons. The van der Waals surface area contributed by atoms with Crippen molar-refractivity contribution in [2.45, 2.75) is 0 Å². The normalized spacial score (nSPS) is 11.2. The number of hydrogen-bond acceptors (Lipinski definition) is 3. The van der Waals surface area contributed by atoms with Crippen LogP contribution in [0.1, 0.15) is 10.6 Å². The van der Waals surface area contributed by atoms with Gasteiger partial charge in [0.25, 0.3) is 5.91 Å². The van der Waals surface area contributed by atoms with Crippen molar-refractivity contribution in [3.8, 4) is 11.4 Å². The molecular weight excluding hydrogens is 374 g/mol. The Balaban J connectivity index is 1.47. The van der Waals surface area contributed by atoms with Crippen LogP contribution < -0.4 is 5.32 Å². The fourth-order valence-corrected chi connectivity index (χ4v) is 3.36. The number of aromatic nitrogens is 2. The van der Waals surface area contributed by atoms with Crippen LogP contribution in [0.2, 0.25) is 5.02 Å². The summed E-state index contributed by atoms with van der Waals surface area (Å²) in [5.41, 5.74) is 3.76. The van der Waals surface area contributed by atoms with Gasteiger partial charge in [0.05, 0.1) is 16.1 Å². The van der Waals surface area contributed by atoms with Crippen LogP contribution in [0.4, 0.5) is 5.69 Å². The molecule has 0 aliphatic rings. The molecular formula is C22H14ClN3O2. The SMILES string of the molecule is O=C(Nc1ccc(Cl)c(-c2nc3ccccc3[nH]2)c1)c1cc2ccccc2o1. The minimum absolute atomic E-state index is 0.251. The monoisotopic (exact) mass is 387 g/mol. The average molecular weight is 388 g/mol. The van der Waals surface area contributed by atoms with Gasteiger partial charge in [-0.2, -0.15) is 0 Å². The Morgan fingerprint density at radius 2 is 1.82 bits per heavy atom. The molecule has 0 saturated carbocycles. The third-order valence-corrected chi connectivity index (χ3v) is 4.85. The summed E-state index contributed by atoms with van der Waals surface area (Å²) < 4.78 is 5.62. The number of para-hydroxylation sites is 3. The molecule has 1 amide bonds. The second kappa shape index (κ2) is 6.55. The molecule has 3 aromatic carbocycles. The van der Waals surface area contributed by atoms with Crippen LogP contribution in [0.15, 0.2) is 77.2 Å². The van der Waals surface area contributed by atoms with Crippen LogP contribution in [-0.4, -0.2) is 15.9 Å². The zero-order valence-electron chi connectivity index (χ0n) is 14.6. The number of halogens is 1. The molecule has 0 aliphatic heterocycles. The van der Waals surface area contributed by atoms with E-state index >= 15 is 0 Å². The van der Waals surface area contributed by atoms with Crippen LogP contribution in [0.3, 0.4) is 0 Å². The van der Waals surface area contributed by atoms with E-state index in [1.165, 1.54) is 0 Å². The number of nitrogens with one attached hydrogen (secondary N) is 2. The second-order valence-corrected chi connectivity index (χ2v) is 6.81. The number of aromatic amines is 1. The fraction of sp³-hybridized carbons (Fsp3) is 0. The van der Waals surface area contributed by atoms with Gasteiger partial charge < -0.3 is 14.7 Å². The lowest BCUT2D eigenvalue weighted by Gasteiger charge is -2.07. The molecule has 5 rings (SSSR count). The maximum absolute atomic E-state index is 12.6. The number of hydrogen-bond donors (Lipinski definition) is 2. The van der Waals surface area contributed by atoms with Gasteiger partial charge >= 0.3 is 0 Å². The summed E-state index contributed by atoms with van der Waals surface area (Å²) >= 11 is 6.37. The van der Waals surface area contributed by atoms with Gasteiger partial charge in [0, 0.05) is 16.6 Å². The van der Waals surface area contributed by atoms with Gasteiger partial charge in [0.15, 0.2) is 5.76 Å². The Morgan fingerprint density at radius 3 is 2.68 bits per heavy atom. The predicted octanol–water partition coefficient (Wildman–Crippen LogP) is 5.88. The van der Waals surface area contributed by atoms with Crippen LogP contribution in [0.5, 0.6) is 0 Å². The van der Waals surface area contributed by atoms with Gasteiger partial charge in [-0.15, -0.1) is 0 Å². The van der Waals surface area contributed by atoms with E-state index in [0.29, 0.717) is 27.7 Å². The summed E-state index contributed by atoms with van der Waals surface area (Å²) in [6, 6.07) is 22.2. The first-order valence-corrected chi connectivity index (χ1v) is 9.10. The number of nitrogens with zero attached hydrogens (tertiary/aromatic N) is 1. The summed E-state index contributed by atoms with van der Waals surface area (Å²) in [5, 5.41) is 4.28. The molecule has 2 N–H and O–H groups in total. The average Bonchev–Trinajstić information content (AvgIpc) is 3.33. The van der Waals surface area contributed by atoms with E-state index < -0.39 is 0 Å². The zero-order chi connectivity index (χ0) is 19.1. The molecule has 0 bridgehead atoms. The molecule has 5 nitrogen and oxygen atoms in total. The molecule has 6 heteroatoms. The molecule has 0 fully saturated rings. The maximum Gasteiger partial charge on any atom is 0.291 e. The molecule has 28 heavy (non-hydrogen) atoms. The van der Waals surface area contributed by atoms with Crippen LogP contribution in [0.25, 0.3) is 33.4 Å². The maximum atomic E-state index is 12.6. The van der Waals surface area contributed by atoms with Crippen molar-refractivity contribution >= 4 is 45.2 Å². The van der Waals surface area contributed by atoms with Gasteiger partial charge in [-0.1, -0.05) is 41.9 Å². The highest BCUT2D eigenvalue weighted by Crippen LogP contribution is 2.30. The highest BCUT2D eigenvalue weighted by Gasteiger charge is 2.15. The smallest absolute Gasteiger partial charge is 0.291 e. The molecule has 5 aromatic rings. The third-order valence-electron chi connectivity index (χ3n) is 4.52. The molecule has 2 aromatic heterocycles. The zero-order valence-corrected chi connectivity index (χ0v) is 15.3. The van der Waals surface area contributed by atoms with Gasteiger partial charge in [0.2, 0.25) is 0 Å². The van der Waals surface area contributed by atoms with Gasteiger partial charge in [0.1, 0.15) is 11.4 Å². The van der Waals surface area contributed by atoms with Crippen molar-refractivity contribution < 1.29 is 9.21 Å². The topological polar surface area (TPSA) is 70.9 Å². The minimum Gasteiger partial charge on any atom is -0.451 e. The van der Waals surface area contributed by atoms with Crippen molar-refractivity contribution in [3.05, 3.63) is 83.6 Å². The molecule has 0 atom stereocenters. The lowest BCUT2D eigenvalue weighted by Crippen LogP contribution is -2.10. The van der Waals surface area contributed by atoms with Gasteiger partial charge in [-0.3, -0.25) is 4.79 Å². The minimum atomic E-state index is -0.325. The summed E-state index contributed by atoms with van der Waals surface area (Å²) in [6.45, 7) is 0. The summed E-state index contributed by atoms with van der Waals surface area (Å²) in [6.07, 6.45) is 0. The Hall–Kier alpha value is -3.57. The van der Waals surface area contributed by atoms with Crippen LogP contribution >= 0.6 is 11.6 Å². The standard InChI is InChI=1S/C22H14ClN3O2/c23-16-10-9-14(12-15(16)21-25-17-6-2-3-7-18(17)26-21)24-22(27)20-11-13-5-1-4-8-19(13)28-20/h1-12H,(H,24,27)(H,25,26). The van der Waals surface area contributed by atoms with Crippen molar-refractivity contribution in [3.63, 3.8) is 0 Å². The van der Waals surface area contributed by atoms with Gasteiger partial charge in [-0.25, -0.2) is 4.98 Å². The summed E-state index contributed by atoms with van der Waals surface area (Å²) in [4.78, 5) is 20.4. The fourth-order valence-electron chi connectivity index (χ4n) is 3.15. The van der Waals surface area contributed by atoms with E-state index in [1.54, 1.807) is 24.3 Å².